The monoisotopic (exact) mass is 416 g/mol. The van der Waals surface area contributed by atoms with Crippen LogP contribution in [0.3, 0.4) is 0 Å². The molecule has 0 spiro atoms. The molecule has 2 heterocycles. The van der Waals surface area contributed by atoms with Gasteiger partial charge in [0.05, 0.1) is 11.4 Å². The van der Waals surface area contributed by atoms with E-state index in [0.29, 0.717) is 17.0 Å². The standard InChI is InChI=1S/C25H24N2O2S/c1-3-18-10-11-22-20(13-18)14-21(24(28)26-22)16-27(25(29)23-5-4-12-30-23)15-19-8-6-17(2)7-9-19/h4-14H,3,15-16H2,1-2H3,(H,26,28). The minimum atomic E-state index is -0.153. The van der Waals surface area contributed by atoms with E-state index in [1.807, 2.05) is 66.9 Å². The molecule has 152 valence electrons. The number of aromatic amines is 1. The highest BCUT2D eigenvalue weighted by Gasteiger charge is 2.19. The normalized spacial score (nSPS) is 11.0. The van der Waals surface area contributed by atoms with Crippen LogP contribution >= 0.6 is 11.3 Å². The SMILES string of the molecule is CCc1ccc2[nH]c(=O)c(CN(Cc3ccc(C)cc3)C(=O)c3cccs3)cc2c1. The van der Waals surface area contributed by atoms with Crippen molar-refractivity contribution in [2.24, 2.45) is 0 Å². The second-order valence-electron chi connectivity index (χ2n) is 7.52. The number of carbonyl (C=O) groups is 1. The summed E-state index contributed by atoms with van der Waals surface area (Å²) in [6, 6.07) is 19.8. The molecule has 1 N–H and O–H groups in total. The molecule has 0 aliphatic heterocycles. The van der Waals surface area contributed by atoms with Crippen molar-refractivity contribution in [2.75, 3.05) is 0 Å². The first-order valence-corrected chi connectivity index (χ1v) is 10.9. The molecule has 4 aromatic rings. The molecule has 0 saturated carbocycles. The molecule has 2 aromatic carbocycles. The number of aromatic nitrogens is 1. The maximum absolute atomic E-state index is 13.2. The number of benzene rings is 2. The van der Waals surface area contributed by atoms with Crippen molar-refractivity contribution in [3.05, 3.63) is 104 Å². The highest BCUT2D eigenvalue weighted by Crippen LogP contribution is 2.19. The molecular weight excluding hydrogens is 392 g/mol. The van der Waals surface area contributed by atoms with Crippen molar-refractivity contribution < 1.29 is 4.79 Å². The molecule has 0 unspecified atom stereocenters. The second kappa shape index (κ2) is 8.67. The first-order valence-electron chi connectivity index (χ1n) is 10.1. The lowest BCUT2D eigenvalue weighted by molar-refractivity contribution is 0.0734. The Bertz CT molecular complexity index is 1220. The minimum absolute atomic E-state index is 0.0626. The average molecular weight is 417 g/mol. The molecule has 0 saturated heterocycles. The van der Waals surface area contributed by atoms with Crippen LogP contribution in [0.5, 0.6) is 0 Å². The van der Waals surface area contributed by atoms with Crippen molar-refractivity contribution >= 4 is 28.1 Å². The van der Waals surface area contributed by atoms with E-state index in [-0.39, 0.29) is 18.0 Å². The number of H-pyrrole nitrogens is 1. The molecule has 4 rings (SSSR count). The predicted octanol–water partition coefficient (Wildman–Crippen LogP) is 5.30. The van der Waals surface area contributed by atoms with E-state index in [1.165, 1.54) is 22.5 Å². The molecular formula is C25H24N2O2S. The van der Waals surface area contributed by atoms with Crippen LogP contribution in [0, 0.1) is 6.92 Å². The van der Waals surface area contributed by atoms with Gasteiger partial charge in [-0.2, -0.15) is 0 Å². The summed E-state index contributed by atoms with van der Waals surface area (Å²) in [6.07, 6.45) is 0.931. The van der Waals surface area contributed by atoms with Crippen LogP contribution in [0.1, 0.15) is 38.8 Å². The zero-order valence-electron chi connectivity index (χ0n) is 17.1. The summed E-state index contributed by atoms with van der Waals surface area (Å²) in [6.45, 7) is 4.85. The fourth-order valence-corrected chi connectivity index (χ4v) is 4.20. The number of rotatable bonds is 6. The van der Waals surface area contributed by atoms with Crippen molar-refractivity contribution in [1.82, 2.24) is 9.88 Å². The maximum atomic E-state index is 13.2. The van der Waals surface area contributed by atoms with Gasteiger partial charge in [-0.1, -0.05) is 48.9 Å². The Labute approximate surface area is 179 Å². The minimum Gasteiger partial charge on any atom is -0.329 e. The molecule has 0 aliphatic carbocycles. The van der Waals surface area contributed by atoms with Gasteiger partial charge in [-0.05, 0) is 59.5 Å². The van der Waals surface area contributed by atoms with Crippen LogP contribution in [0.4, 0.5) is 0 Å². The molecule has 0 bridgehead atoms. The number of hydrogen-bond acceptors (Lipinski definition) is 3. The average Bonchev–Trinajstić information content (AvgIpc) is 3.29. The number of carbonyl (C=O) groups excluding carboxylic acids is 1. The van der Waals surface area contributed by atoms with Crippen LogP contribution in [0.25, 0.3) is 10.9 Å². The third-order valence-electron chi connectivity index (χ3n) is 5.27. The van der Waals surface area contributed by atoms with E-state index in [4.69, 9.17) is 0 Å². The summed E-state index contributed by atoms with van der Waals surface area (Å²) in [4.78, 5) is 31.3. The Kier molecular flexibility index (Phi) is 5.81. The number of thiophene rings is 1. The molecule has 30 heavy (non-hydrogen) atoms. The zero-order chi connectivity index (χ0) is 21.1. The van der Waals surface area contributed by atoms with Gasteiger partial charge in [-0.25, -0.2) is 0 Å². The molecule has 1 amide bonds. The largest absolute Gasteiger partial charge is 0.329 e. The Balaban J connectivity index is 1.70. The highest BCUT2D eigenvalue weighted by molar-refractivity contribution is 7.12. The van der Waals surface area contributed by atoms with E-state index in [9.17, 15) is 9.59 Å². The van der Waals surface area contributed by atoms with Gasteiger partial charge in [0, 0.05) is 17.6 Å². The van der Waals surface area contributed by atoms with Crippen LogP contribution in [-0.2, 0) is 19.5 Å². The number of nitrogens with one attached hydrogen (secondary N) is 1. The number of nitrogens with zero attached hydrogens (tertiary/aromatic N) is 1. The van der Waals surface area contributed by atoms with E-state index in [1.54, 1.807) is 4.90 Å². The van der Waals surface area contributed by atoms with Crippen LogP contribution in [0.2, 0.25) is 0 Å². The summed E-state index contributed by atoms with van der Waals surface area (Å²) < 4.78 is 0. The fourth-order valence-electron chi connectivity index (χ4n) is 3.51. The Morgan fingerprint density at radius 3 is 2.47 bits per heavy atom. The lowest BCUT2D eigenvalue weighted by atomic mass is 10.1. The lowest BCUT2D eigenvalue weighted by Crippen LogP contribution is -2.32. The van der Waals surface area contributed by atoms with Gasteiger partial charge in [0.2, 0.25) is 0 Å². The van der Waals surface area contributed by atoms with Gasteiger partial charge in [-0.15, -0.1) is 11.3 Å². The van der Waals surface area contributed by atoms with Crippen LogP contribution in [0.15, 0.2) is 70.8 Å². The summed E-state index contributed by atoms with van der Waals surface area (Å²) in [5, 5.41) is 2.88. The predicted molar refractivity (Wildman–Crippen MR) is 123 cm³/mol. The van der Waals surface area contributed by atoms with Gasteiger partial charge in [0.15, 0.2) is 0 Å². The van der Waals surface area contributed by atoms with E-state index >= 15 is 0 Å². The molecule has 0 fully saturated rings. The Hall–Kier alpha value is -3.18. The molecule has 0 atom stereocenters. The number of fused-ring (bicyclic) bond motifs is 1. The van der Waals surface area contributed by atoms with Crippen molar-refractivity contribution in [3.63, 3.8) is 0 Å². The van der Waals surface area contributed by atoms with Crippen LogP contribution in [-0.4, -0.2) is 15.8 Å². The fraction of sp³-hybridized carbons (Fsp3) is 0.200. The van der Waals surface area contributed by atoms with Gasteiger partial charge >= 0.3 is 0 Å². The summed E-state index contributed by atoms with van der Waals surface area (Å²) in [5.41, 5.74) is 4.68. The van der Waals surface area contributed by atoms with E-state index < -0.39 is 0 Å². The number of aryl methyl sites for hydroxylation is 2. The topological polar surface area (TPSA) is 53.2 Å². The highest BCUT2D eigenvalue weighted by atomic mass is 32.1. The third kappa shape index (κ3) is 4.36. The number of pyridine rings is 1. The van der Waals surface area contributed by atoms with Crippen LogP contribution < -0.4 is 5.56 Å². The number of hydrogen-bond donors (Lipinski definition) is 1. The van der Waals surface area contributed by atoms with E-state index in [0.717, 1.165) is 22.9 Å². The Morgan fingerprint density at radius 1 is 1.00 bits per heavy atom. The Morgan fingerprint density at radius 2 is 1.77 bits per heavy atom. The second-order valence-corrected chi connectivity index (χ2v) is 8.47. The smallest absolute Gasteiger partial charge is 0.264 e. The maximum Gasteiger partial charge on any atom is 0.264 e. The zero-order valence-corrected chi connectivity index (χ0v) is 18.0. The van der Waals surface area contributed by atoms with Gasteiger partial charge in [-0.3, -0.25) is 9.59 Å². The molecule has 0 aliphatic rings. The quantitative estimate of drug-likeness (QED) is 0.463. The molecule has 2 aromatic heterocycles. The van der Waals surface area contributed by atoms with Gasteiger partial charge in [0.1, 0.15) is 0 Å². The van der Waals surface area contributed by atoms with Crippen molar-refractivity contribution in [3.8, 4) is 0 Å². The van der Waals surface area contributed by atoms with Gasteiger partial charge in [0.25, 0.3) is 11.5 Å². The van der Waals surface area contributed by atoms with Crippen molar-refractivity contribution in [2.45, 2.75) is 33.4 Å². The first-order chi connectivity index (χ1) is 14.5. The van der Waals surface area contributed by atoms with Gasteiger partial charge < -0.3 is 9.88 Å². The van der Waals surface area contributed by atoms with Crippen molar-refractivity contribution in [1.29, 1.82) is 0 Å². The first kappa shape index (κ1) is 20.1. The number of amides is 1. The molecule has 5 heteroatoms. The summed E-state index contributed by atoms with van der Waals surface area (Å²) >= 11 is 1.42. The molecule has 4 nitrogen and oxygen atoms in total. The summed E-state index contributed by atoms with van der Waals surface area (Å²) in [7, 11) is 0. The van der Waals surface area contributed by atoms with E-state index in [2.05, 4.69) is 18.0 Å². The lowest BCUT2D eigenvalue weighted by Gasteiger charge is -2.22. The third-order valence-corrected chi connectivity index (χ3v) is 6.13. The molecule has 0 radical (unpaired) electrons. The summed E-state index contributed by atoms with van der Waals surface area (Å²) in [5.74, 6) is -0.0626.